The molecule has 0 unspecified atom stereocenters. The van der Waals surface area contributed by atoms with Crippen LogP contribution in [0.4, 0.5) is 0 Å². The molecule has 4 nitrogen and oxygen atoms in total. The van der Waals surface area contributed by atoms with Crippen molar-refractivity contribution >= 4 is 11.8 Å². The van der Waals surface area contributed by atoms with Crippen molar-refractivity contribution in [3.63, 3.8) is 0 Å². The summed E-state index contributed by atoms with van der Waals surface area (Å²) in [4.78, 5) is 21.4. The molecule has 2 aromatic carbocycles. The number of amides is 2. The van der Waals surface area contributed by atoms with Gasteiger partial charge in [-0.05, 0) is 25.0 Å². The standard InChI is InChI=1S/2C10H13NO/c2*1-8(11-9(2)12)10-6-4-3-5-7-10/h2*3-8H,1-2H3,(H,11,12)/t2*8-/m00/s1. The first kappa shape index (κ1) is 19.4. The van der Waals surface area contributed by atoms with Crippen molar-refractivity contribution in [3.05, 3.63) is 71.8 Å². The van der Waals surface area contributed by atoms with E-state index in [9.17, 15) is 9.59 Å². The molecule has 0 aliphatic heterocycles. The Balaban J connectivity index is 0.000000240. The van der Waals surface area contributed by atoms with Crippen molar-refractivity contribution in [2.24, 2.45) is 0 Å². The molecule has 24 heavy (non-hydrogen) atoms. The number of carbonyl (C=O) groups is 2. The highest BCUT2D eigenvalue weighted by Gasteiger charge is 2.04. The fourth-order valence-corrected chi connectivity index (χ4v) is 2.26. The maximum atomic E-state index is 10.7. The van der Waals surface area contributed by atoms with Crippen LogP contribution in [-0.4, -0.2) is 11.8 Å². The zero-order valence-corrected chi connectivity index (χ0v) is 14.7. The van der Waals surface area contributed by atoms with Gasteiger partial charge in [0.05, 0.1) is 12.1 Å². The second-order valence-corrected chi connectivity index (χ2v) is 5.67. The predicted octanol–water partition coefficient (Wildman–Crippen LogP) is 3.77. The van der Waals surface area contributed by atoms with E-state index in [0.29, 0.717) is 0 Å². The minimum Gasteiger partial charge on any atom is -0.350 e. The summed E-state index contributed by atoms with van der Waals surface area (Å²) < 4.78 is 0. The summed E-state index contributed by atoms with van der Waals surface area (Å²) in [5.41, 5.74) is 2.26. The molecule has 0 aliphatic carbocycles. The van der Waals surface area contributed by atoms with Crippen molar-refractivity contribution in [1.29, 1.82) is 0 Å². The Bertz CT molecular complexity index is 569. The molecule has 2 amide bonds. The lowest BCUT2D eigenvalue weighted by Gasteiger charge is -2.11. The first-order chi connectivity index (χ1) is 11.4. The van der Waals surface area contributed by atoms with Gasteiger partial charge < -0.3 is 10.6 Å². The van der Waals surface area contributed by atoms with Crippen LogP contribution in [0.15, 0.2) is 60.7 Å². The molecule has 0 spiro atoms. The highest BCUT2D eigenvalue weighted by molar-refractivity contribution is 5.73. The van der Waals surface area contributed by atoms with Gasteiger partial charge >= 0.3 is 0 Å². The third-order valence-corrected chi connectivity index (χ3v) is 3.44. The second kappa shape index (κ2) is 10.2. The van der Waals surface area contributed by atoms with Gasteiger partial charge in [-0.1, -0.05) is 60.7 Å². The fraction of sp³-hybridized carbons (Fsp3) is 0.300. The van der Waals surface area contributed by atoms with E-state index in [1.165, 1.54) is 13.8 Å². The van der Waals surface area contributed by atoms with Gasteiger partial charge in [0.1, 0.15) is 0 Å². The molecule has 0 heterocycles. The average Bonchev–Trinajstić information content (AvgIpc) is 2.56. The SMILES string of the molecule is CC(=O)N[C@@H](C)c1ccccc1.CC(=O)N[C@@H](C)c1ccccc1. The third kappa shape index (κ3) is 7.58. The molecule has 0 saturated carbocycles. The van der Waals surface area contributed by atoms with E-state index in [0.717, 1.165) is 11.1 Å². The Morgan fingerprint density at radius 2 is 0.958 bits per heavy atom. The Morgan fingerprint density at radius 3 is 1.21 bits per heavy atom. The van der Waals surface area contributed by atoms with Crippen LogP contribution in [0.3, 0.4) is 0 Å². The highest BCUT2D eigenvalue weighted by Crippen LogP contribution is 2.11. The molecule has 2 N–H and O–H groups in total. The smallest absolute Gasteiger partial charge is 0.217 e. The van der Waals surface area contributed by atoms with Crippen LogP contribution in [0.5, 0.6) is 0 Å². The van der Waals surface area contributed by atoms with Gasteiger partial charge in [0.15, 0.2) is 0 Å². The van der Waals surface area contributed by atoms with E-state index in [1.807, 2.05) is 74.5 Å². The zero-order chi connectivity index (χ0) is 17.9. The van der Waals surface area contributed by atoms with Gasteiger partial charge in [-0.15, -0.1) is 0 Å². The van der Waals surface area contributed by atoms with Gasteiger partial charge in [-0.2, -0.15) is 0 Å². The molecule has 2 rings (SSSR count). The van der Waals surface area contributed by atoms with Gasteiger partial charge in [0.25, 0.3) is 0 Å². The molecule has 0 aromatic heterocycles. The van der Waals surface area contributed by atoms with Crippen LogP contribution >= 0.6 is 0 Å². The molecule has 4 heteroatoms. The number of rotatable bonds is 4. The van der Waals surface area contributed by atoms with Gasteiger partial charge in [-0.3, -0.25) is 9.59 Å². The van der Waals surface area contributed by atoms with Crippen LogP contribution in [0.25, 0.3) is 0 Å². The van der Waals surface area contributed by atoms with Crippen molar-refractivity contribution in [3.8, 4) is 0 Å². The summed E-state index contributed by atoms with van der Waals surface area (Å²) in [6.45, 7) is 6.99. The van der Waals surface area contributed by atoms with Crippen LogP contribution in [0, 0.1) is 0 Å². The highest BCUT2D eigenvalue weighted by atomic mass is 16.2. The molecule has 128 valence electrons. The largest absolute Gasteiger partial charge is 0.350 e. The summed E-state index contributed by atoms with van der Waals surface area (Å²) in [6.07, 6.45) is 0. The van der Waals surface area contributed by atoms with Crippen LogP contribution in [-0.2, 0) is 9.59 Å². The molecular formula is C20H26N2O2. The molecule has 0 fully saturated rings. The maximum Gasteiger partial charge on any atom is 0.217 e. The minimum atomic E-state index is 0.00588. The van der Waals surface area contributed by atoms with Gasteiger partial charge in [0, 0.05) is 13.8 Å². The lowest BCUT2D eigenvalue weighted by Crippen LogP contribution is -2.23. The Labute approximate surface area is 144 Å². The van der Waals surface area contributed by atoms with E-state index in [2.05, 4.69) is 10.6 Å². The summed E-state index contributed by atoms with van der Waals surface area (Å²) in [5, 5.41) is 5.64. The maximum absolute atomic E-state index is 10.7. The zero-order valence-electron chi connectivity index (χ0n) is 14.7. The predicted molar refractivity (Wildman–Crippen MR) is 97.3 cm³/mol. The Kier molecular flexibility index (Phi) is 8.26. The lowest BCUT2D eigenvalue weighted by atomic mass is 10.1. The average molecular weight is 326 g/mol. The van der Waals surface area contributed by atoms with E-state index < -0.39 is 0 Å². The summed E-state index contributed by atoms with van der Waals surface area (Å²) in [7, 11) is 0. The lowest BCUT2D eigenvalue weighted by molar-refractivity contribution is -0.120. The summed E-state index contributed by atoms with van der Waals surface area (Å²) in [6, 6.07) is 20.0. The van der Waals surface area contributed by atoms with Crippen molar-refractivity contribution in [1.82, 2.24) is 10.6 Å². The second-order valence-electron chi connectivity index (χ2n) is 5.67. The summed E-state index contributed by atoms with van der Waals surface area (Å²) in [5.74, 6) is 0.0118. The molecule has 0 aliphatic rings. The molecule has 2 aromatic rings. The van der Waals surface area contributed by atoms with Crippen LogP contribution < -0.4 is 10.6 Å². The van der Waals surface area contributed by atoms with E-state index in [-0.39, 0.29) is 23.9 Å². The number of hydrogen-bond acceptors (Lipinski definition) is 2. The Hall–Kier alpha value is -2.62. The number of nitrogens with one attached hydrogen (secondary N) is 2. The normalized spacial score (nSPS) is 12.2. The van der Waals surface area contributed by atoms with E-state index >= 15 is 0 Å². The minimum absolute atomic E-state index is 0.00588. The molecule has 0 saturated heterocycles. The van der Waals surface area contributed by atoms with Crippen molar-refractivity contribution in [2.75, 3.05) is 0 Å². The number of benzene rings is 2. The monoisotopic (exact) mass is 326 g/mol. The van der Waals surface area contributed by atoms with Crippen molar-refractivity contribution < 1.29 is 9.59 Å². The molecular weight excluding hydrogens is 300 g/mol. The molecule has 0 radical (unpaired) electrons. The fourth-order valence-electron chi connectivity index (χ4n) is 2.26. The molecule has 2 atom stereocenters. The van der Waals surface area contributed by atoms with E-state index in [1.54, 1.807) is 0 Å². The van der Waals surface area contributed by atoms with Crippen molar-refractivity contribution in [2.45, 2.75) is 39.8 Å². The number of carbonyl (C=O) groups excluding carboxylic acids is 2. The van der Waals surface area contributed by atoms with E-state index in [4.69, 9.17) is 0 Å². The van der Waals surface area contributed by atoms with Gasteiger partial charge in [-0.25, -0.2) is 0 Å². The van der Waals surface area contributed by atoms with Gasteiger partial charge in [0.2, 0.25) is 11.8 Å². The Morgan fingerprint density at radius 1 is 0.667 bits per heavy atom. The third-order valence-electron chi connectivity index (χ3n) is 3.44. The number of hydrogen-bond donors (Lipinski definition) is 2. The molecule has 0 bridgehead atoms. The quantitative estimate of drug-likeness (QED) is 0.898. The first-order valence-electron chi connectivity index (χ1n) is 8.04. The van der Waals surface area contributed by atoms with Crippen LogP contribution in [0.1, 0.15) is 50.9 Å². The topological polar surface area (TPSA) is 58.2 Å². The van der Waals surface area contributed by atoms with Crippen LogP contribution in [0.2, 0.25) is 0 Å². The summed E-state index contributed by atoms with van der Waals surface area (Å²) >= 11 is 0. The first-order valence-corrected chi connectivity index (χ1v) is 8.04.